The first-order valence-corrected chi connectivity index (χ1v) is 7.08. The topological polar surface area (TPSA) is 29.9 Å². The van der Waals surface area contributed by atoms with Crippen molar-refractivity contribution in [1.82, 2.24) is 9.55 Å². The van der Waals surface area contributed by atoms with Gasteiger partial charge in [0.15, 0.2) is 4.77 Å². The monoisotopic (exact) mass is 270 g/mol. The molecule has 1 atom stereocenters. The largest absolute Gasteiger partial charge is 0.380 e. The smallest absolute Gasteiger partial charge is 0.177 e. The van der Waals surface area contributed by atoms with E-state index in [1.165, 1.54) is 5.69 Å². The number of ether oxygens (including phenoxy) is 1. The van der Waals surface area contributed by atoms with Gasteiger partial charge in [-0.05, 0) is 25.1 Å². The molecule has 1 aromatic rings. The molecule has 4 heteroatoms. The lowest BCUT2D eigenvalue weighted by Gasteiger charge is -2.29. The highest BCUT2D eigenvalue weighted by Gasteiger charge is 2.25. The average molecular weight is 270 g/mol. The SMILES string of the molecule is CCOCC(C(C)C)n1c(C(C)(C)C)c[nH]c1=S. The number of nitrogens with one attached hydrogen (secondary N) is 1. The van der Waals surface area contributed by atoms with Crippen LogP contribution in [0.1, 0.15) is 53.3 Å². The van der Waals surface area contributed by atoms with E-state index in [0.717, 1.165) is 11.4 Å². The molecule has 0 spiro atoms. The van der Waals surface area contributed by atoms with Crippen molar-refractivity contribution in [3.63, 3.8) is 0 Å². The molecule has 1 aromatic heterocycles. The van der Waals surface area contributed by atoms with Crippen molar-refractivity contribution in [2.24, 2.45) is 5.92 Å². The highest BCUT2D eigenvalue weighted by Crippen LogP contribution is 2.28. The minimum atomic E-state index is 0.0763. The lowest BCUT2D eigenvalue weighted by molar-refractivity contribution is 0.0937. The minimum Gasteiger partial charge on any atom is -0.380 e. The van der Waals surface area contributed by atoms with Gasteiger partial charge in [0.1, 0.15) is 0 Å². The quantitative estimate of drug-likeness (QED) is 0.817. The van der Waals surface area contributed by atoms with Crippen LogP contribution in [-0.2, 0) is 10.2 Å². The fourth-order valence-electron chi connectivity index (χ4n) is 2.09. The Morgan fingerprint density at radius 1 is 1.39 bits per heavy atom. The molecule has 0 saturated carbocycles. The second kappa shape index (κ2) is 6.02. The fourth-order valence-corrected chi connectivity index (χ4v) is 2.38. The van der Waals surface area contributed by atoms with Crippen molar-refractivity contribution in [1.29, 1.82) is 0 Å². The molecule has 1 N–H and O–H groups in total. The van der Waals surface area contributed by atoms with Gasteiger partial charge in [-0.3, -0.25) is 0 Å². The van der Waals surface area contributed by atoms with Crippen LogP contribution in [-0.4, -0.2) is 22.8 Å². The molecule has 1 rings (SSSR count). The predicted octanol–water partition coefficient (Wildman–Crippen LogP) is 4.08. The maximum atomic E-state index is 5.62. The van der Waals surface area contributed by atoms with E-state index in [1.807, 2.05) is 13.1 Å². The second-order valence-corrected chi connectivity index (χ2v) is 6.46. The Morgan fingerprint density at radius 3 is 2.44 bits per heavy atom. The van der Waals surface area contributed by atoms with Crippen LogP contribution in [0.25, 0.3) is 0 Å². The zero-order valence-corrected chi connectivity index (χ0v) is 13.2. The molecule has 0 aliphatic heterocycles. The molecule has 1 heterocycles. The van der Waals surface area contributed by atoms with Crippen molar-refractivity contribution < 1.29 is 4.74 Å². The van der Waals surface area contributed by atoms with Crippen LogP contribution in [0.15, 0.2) is 6.20 Å². The minimum absolute atomic E-state index is 0.0763. The second-order valence-electron chi connectivity index (χ2n) is 6.07. The van der Waals surface area contributed by atoms with Crippen LogP contribution in [0.4, 0.5) is 0 Å². The Labute approximate surface area is 116 Å². The van der Waals surface area contributed by atoms with Crippen molar-refractivity contribution in [3.8, 4) is 0 Å². The van der Waals surface area contributed by atoms with E-state index in [0.29, 0.717) is 12.5 Å². The van der Waals surface area contributed by atoms with Crippen molar-refractivity contribution in [2.45, 2.75) is 53.0 Å². The summed E-state index contributed by atoms with van der Waals surface area (Å²) in [6, 6.07) is 0.290. The van der Waals surface area contributed by atoms with E-state index < -0.39 is 0 Å². The summed E-state index contributed by atoms with van der Waals surface area (Å²) in [5.74, 6) is 0.486. The Balaban J connectivity index is 3.19. The molecule has 18 heavy (non-hydrogen) atoms. The molecular weight excluding hydrogens is 244 g/mol. The maximum absolute atomic E-state index is 5.62. The van der Waals surface area contributed by atoms with Crippen LogP contribution in [0.5, 0.6) is 0 Å². The lowest BCUT2D eigenvalue weighted by Crippen LogP contribution is -2.27. The molecule has 0 fully saturated rings. The first kappa shape index (κ1) is 15.4. The fraction of sp³-hybridized carbons (Fsp3) is 0.786. The third-order valence-corrected chi connectivity index (χ3v) is 3.49. The Morgan fingerprint density at radius 2 is 2.00 bits per heavy atom. The molecular formula is C14H26N2OS. The zero-order chi connectivity index (χ0) is 13.9. The van der Waals surface area contributed by atoms with Crippen LogP contribution < -0.4 is 0 Å². The van der Waals surface area contributed by atoms with Gasteiger partial charge in [0.25, 0.3) is 0 Å². The Hall–Kier alpha value is -0.610. The predicted molar refractivity (Wildman–Crippen MR) is 78.7 cm³/mol. The molecule has 0 aliphatic rings. The summed E-state index contributed by atoms with van der Waals surface area (Å²) >= 11 is 5.44. The van der Waals surface area contributed by atoms with Crippen LogP contribution in [0.2, 0.25) is 0 Å². The van der Waals surface area contributed by atoms with Gasteiger partial charge >= 0.3 is 0 Å². The number of hydrogen-bond donors (Lipinski definition) is 1. The number of rotatable bonds is 5. The lowest BCUT2D eigenvalue weighted by atomic mass is 9.91. The molecule has 0 bridgehead atoms. The molecule has 104 valence electrons. The van der Waals surface area contributed by atoms with Crippen LogP contribution in [0.3, 0.4) is 0 Å². The number of imidazole rings is 1. The summed E-state index contributed by atoms with van der Waals surface area (Å²) in [7, 11) is 0. The molecule has 0 aromatic carbocycles. The zero-order valence-electron chi connectivity index (χ0n) is 12.4. The van der Waals surface area contributed by atoms with Gasteiger partial charge in [0.2, 0.25) is 0 Å². The highest BCUT2D eigenvalue weighted by molar-refractivity contribution is 7.71. The molecule has 0 amide bonds. The molecule has 1 unspecified atom stereocenters. The van der Waals surface area contributed by atoms with E-state index in [4.69, 9.17) is 17.0 Å². The summed E-state index contributed by atoms with van der Waals surface area (Å²) in [4.78, 5) is 3.18. The molecule has 0 aliphatic carbocycles. The normalized spacial score (nSPS) is 14.2. The number of aromatic amines is 1. The standard InChI is InChI=1S/C14H26N2OS/c1-7-17-9-11(10(2)3)16-12(14(4,5)6)8-15-13(16)18/h8,10-11H,7,9H2,1-6H3,(H,15,18). The summed E-state index contributed by atoms with van der Waals surface area (Å²) in [5.41, 5.74) is 1.32. The third-order valence-electron chi connectivity index (χ3n) is 3.17. The van der Waals surface area contributed by atoms with Crippen molar-refractivity contribution in [2.75, 3.05) is 13.2 Å². The van der Waals surface area contributed by atoms with Gasteiger partial charge in [-0.25, -0.2) is 0 Å². The summed E-state index contributed by atoms with van der Waals surface area (Å²) < 4.78 is 8.64. The van der Waals surface area contributed by atoms with Gasteiger partial charge in [0.05, 0.1) is 12.6 Å². The maximum Gasteiger partial charge on any atom is 0.177 e. The van der Waals surface area contributed by atoms with Gasteiger partial charge < -0.3 is 14.3 Å². The van der Waals surface area contributed by atoms with E-state index in [9.17, 15) is 0 Å². The van der Waals surface area contributed by atoms with Crippen LogP contribution >= 0.6 is 12.2 Å². The summed E-state index contributed by atoms with van der Waals surface area (Å²) in [6.45, 7) is 14.5. The van der Waals surface area contributed by atoms with E-state index in [1.54, 1.807) is 0 Å². The third kappa shape index (κ3) is 3.45. The van der Waals surface area contributed by atoms with Crippen molar-refractivity contribution in [3.05, 3.63) is 16.7 Å². The number of nitrogens with zero attached hydrogens (tertiary/aromatic N) is 1. The first-order valence-electron chi connectivity index (χ1n) is 6.67. The summed E-state index contributed by atoms with van der Waals surface area (Å²) in [6.07, 6.45) is 2.03. The Kier molecular flexibility index (Phi) is 5.17. The van der Waals surface area contributed by atoms with Crippen molar-refractivity contribution >= 4 is 12.2 Å². The van der Waals surface area contributed by atoms with Gasteiger partial charge in [-0.1, -0.05) is 34.6 Å². The van der Waals surface area contributed by atoms with Crippen LogP contribution in [0, 0.1) is 10.7 Å². The average Bonchev–Trinajstić information content (AvgIpc) is 2.60. The molecule has 0 saturated heterocycles. The first-order chi connectivity index (χ1) is 8.29. The molecule has 3 nitrogen and oxygen atoms in total. The van der Waals surface area contributed by atoms with Gasteiger partial charge in [0, 0.05) is 23.9 Å². The highest BCUT2D eigenvalue weighted by atomic mass is 32.1. The number of H-pyrrole nitrogens is 1. The van der Waals surface area contributed by atoms with Gasteiger partial charge in [-0.2, -0.15) is 0 Å². The van der Waals surface area contributed by atoms with E-state index >= 15 is 0 Å². The van der Waals surface area contributed by atoms with E-state index in [2.05, 4.69) is 44.2 Å². The molecule has 0 radical (unpaired) electrons. The number of aromatic nitrogens is 2. The summed E-state index contributed by atoms with van der Waals surface area (Å²) in [5, 5.41) is 0. The Bertz CT molecular complexity index is 426. The number of hydrogen-bond acceptors (Lipinski definition) is 2. The van der Waals surface area contributed by atoms with Gasteiger partial charge in [-0.15, -0.1) is 0 Å². The van der Waals surface area contributed by atoms with E-state index in [-0.39, 0.29) is 11.5 Å².